The van der Waals surface area contributed by atoms with Crippen LogP contribution in [0.3, 0.4) is 0 Å². The molecule has 0 aromatic carbocycles. The molecule has 1 aliphatic rings. The van der Waals surface area contributed by atoms with Crippen LogP contribution < -0.4 is 5.32 Å². The molecule has 0 radical (unpaired) electrons. The molecular weight excluding hydrogens is 252 g/mol. The smallest absolute Gasteiger partial charge is 0.203 e. The average molecular weight is 280 g/mol. The Balaban J connectivity index is 1.74. The summed E-state index contributed by atoms with van der Waals surface area (Å²) in [5.41, 5.74) is 1.07. The zero-order valence-electron chi connectivity index (χ0n) is 13.1. The molecule has 20 heavy (non-hydrogen) atoms. The van der Waals surface area contributed by atoms with Gasteiger partial charge in [0.1, 0.15) is 0 Å². The average Bonchev–Trinajstić information content (AvgIpc) is 3.20. The Kier molecular flexibility index (Phi) is 5.86. The predicted molar refractivity (Wildman–Crippen MR) is 82.2 cm³/mol. The van der Waals surface area contributed by atoms with Crippen molar-refractivity contribution >= 4 is 5.95 Å². The number of likely N-dealkylation sites (N-methyl/N-ethyl adjacent to an activating group) is 1. The molecule has 0 saturated heterocycles. The van der Waals surface area contributed by atoms with Gasteiger partial charge in [-0.05, 0) is 40.2 Å². The van der Waals surface area contributed by atoms with Crippen molar-refractivity contribution < 1.29 is 4.74 Å². The van der Waals surface area contributed by atoms with Crippen LogP contribution in [0, 0.1) is 6.92 Å². The summed E-state index contributed by atoms with van der Waals surface area (Å²) in [6, 6.07) is 0.824. The molecule has 1 fully saturated rings. The standard InChI is InChI=1S/C15H28N4O/c1-4-20-11-5-9-19-12-13(2)17-15(19)16-8-10-18(3)14-6-7-14/h12,14H,4-11H2,1-3H3,(H,16,17). The summed E-state index contributed by atoms with van der Waals surface area (Å²) in [5.74, 6) is 0.989. The lowest BCUT2D eigenvalue weighted by Crippen LogP contribution is -2.27. The van der Waals surface area contributed by atoms with E-state index in [4.69, 9.17) is 4.74 Å². The second-order valence-electron chi connectivity index (χ2n) is 5.59. The molecule has 1 aliphatic carbocycles. The summed E-state index contributed by atoms with van der Waals surface area (Å²) in [4.78, 5) is 6.99. The van der Waals surface area contributed by atoms with Crippen LogP contribution in [0.1, 0.15) is 31.9 Å². The van der Waals surface area contributed by atoms with Crippen LogP contribution in [0.15, 0.2) is 6.20 Å². The summed E-state index contributed by atoms with van der Waals surface area (Å²) >= 11 is 0. The highest BCUT2D eigenvalue weighted by atomic mass is 16.5. The molecule has 5 nitrogen and oxygen atoms in total. The second-order valence-corrected chi connectivity index (χ2v) is 5.59. The minimum atomic E-state index is 0.793. The highest BCUT2D eigenvalue weighted by Crippen LogP contribution is 2.24. The van der Waals surface area contributed by atoms with E-state index >= 15 is 0 Å². The van der Waals surface area contributed by atoms with Gasteiger partial charge in [0.15, 0.2) is 0 Å². The first-order valence-electron chi connectivity index (χ1n) is 7.76. The van der Waals surface area contributed by atoms with Crippen LogP contribution >= 0.6 is 0 Å². The normalized spacial score (nSPS) is 15.0. The van der Waals surface area contributed by atoms with Gasteiger partial charge in [0, 0.05) is 45.1 Å². The zero-order valence-corrected chi connectivity index (χ0v) is 13.1. The molecule has 1 heterocycles. The topological polar surface area (TPSA) is 42.3 Å². The van der Waals surface area contributed by atoms with Gasteiger partial charge in [0.2, 0.25) is 5.95 Å². The second kappa shape index (κ2) is 7.64. The van der Waals surface area contributed by atoms with Crippen molar-refractivity contribution in [2.45, 2.75) is 45.7 Å². The minimum absolute atomic E-state index is 0.793. The van der Waals surface area contributed by atoms with Crippen LogP contribution in [0.5, 0.6) is 0 Å². The van der Waals surface area contributed by atoms with Gasteiger partial charge in [-0.1, -0.05) is 0 Å². The first kappa shape index (κ1) is 15.3. The van der Waals surface area contributed by atoms with Gasteiger partial charge in [-0.15, -0.1) is 0 Å². The lowest BCUT2D eigenvalue weighted by Gasteiger charge is -2.16. The number of imidazole rings is 1. The molecular formula is C15H28N4O. The SMILES string of the molecule is CCOCCCn1cc(C)nc1NCCN(C)C1CC1. The van der Waals surface area contributed by atoms with Crippen molar-refractivity contribution in [3.8, 4) is 0 Å². The van der Waals surface area contributed by atoms with Crippen LogP contribution in [-0.4, -0.2) is 53.8 Å². The lowest BCUT2D eigenvalue weighted by atomic mass is 10.4. The van der Waals surface area contributed by atoms with Crippen LogP contribution in [0.25, 0.3) is 0 Å². The largest absolute Gasteiger partial charge is 0.382 e. The van der Waals surface area contributed by atoms with Gasteiger partial charge in [0.05, 0.1) is 5.69 Å². The summed E-state index contributed by atoms with van der Waals surface area (Å²) in [6.07, 6.45) is 5.86. The first-order valence-corrected chi connectivity index (χ1v) is 7.76. The third-order valence-corrected chi connectivity index (χ3v) is 3.71. The minimum Gasteiger partial charge on any atom is -0.382 e. The predicted octanol–water partition coefficient (Wildman–Crippen LogP) is 2.12. The van der Waals surface area contributed by atoms with Gasteiger partial charge in [-0.2, -0.15) is 0 Å². The Morgan fingerprint density at radius 1 is 1.50 bits per heavy atom. The molecule has 0 spiro atoms. The Morgan fingerprint density at radius 2 is 2.30 bits per heavy atom. The number of ether oxygens (including phenoxy) is 1. The summed E-state index contributed by atoms with van der Waals surface area (Å²) < 4.78 is 7.59. The lowest BCUT2D eigenvalue weighted by molar-refractivity contribution is 0.142. The van der Waals surface area contributed by atoms with Crippen LogP contribution in [0.4, 0.5) is 5.95 Å². The number of aryl methyl sites for hydroxylation is 2. The number of nitrogens with one attached hydrogen (secondary N) is 1. The molecule has 1 saturated carbocycles. The van der Waals surface area contributed by atoms with Gasteiger partial charge in [0.25, 0.3) is 0 Å². The molecule has 5 heteroatoms. The van der Waals surface area contributed by atoms with E-state index in [0.29, 0.717) is 0 Å². The number of anilines is 1. The van der Waals surface area contributed by atoms with Crippen molar-refractivity contribution in [2.75, 3.05) is 38.7 Å². The highest BCUT2D eigenvalue weighted by Gasteiger charge is 2.25. The quantitative estimate of drug-likeness (QED) is 0.667. The van der Waals surface area contributed by atoms with E-state index in [9.17, 15) is 0 Å². The fraction of sp³-hybridized carbons (Fsp3) is 0.800. The van der Waals surface area contributed by atoms with E-state index in [-0.39, 0.29) is 0 Å². The summed E-state index contributed by atoms with van der Waals surface area (Å²) in [6.45, 7) is 8.68. The fourth-order valence-electron chi connectivity index (χ4n) is 2.38. The van der Waals surface area contributed by atoms with E-state index in [2.05, 4.69) is 33.0 Å². The molecule has 0 aliphatic heterocycles. The Bertz CT molecular complexity index is 401. The van der Waals surface area contributed by atoms with Gasteiger partial charge in [-0.25, -0.2) is 4.98 Å². The number of hydrogen-bond acceptors (Lipinski definition) is 4. The number of aromatic nitrogens is 2. The van der Waals surface area contributed by atoms with Gasteiger partial charge >= 0.3 is 0 Å². The third kappa shape index (κ3) is 4.80. The molecule has 0 bridgehead atoms. The molecule has 0 amide bonds. The maximum atomic E-state index is 5.39. The van der Waals surface area contributed by atoms with Crippen molar-refractivity contribution in [2.24, 2.45) is 0 Å². The molecule has 114 valence electrons. The van der Waals surface area contributed by atoms with Gasteiger partial charge in [-0.3, -0.25) is 0 Å². The zero-order chi connectivity index (χ0) is 14.4. The fourth-order valence-corrected chi connectivity index (χ4v) is 2.38. The van der Waals surface area contributed by atoms with Crippen molar-refractivity contribution in [1.82, 2.24) is 14.5 Å². The Morgan fingerprint density at radius 3 is 3.00 bits per heavy atom. The number of hydrogen-bond donors (Lipinski definition) is 1. The molecule has 1 N–H and O–H groups in total. The monoisotopic (exact) mass is 280 g/mol. The summed E-state index contributed by atoms with van der Waals surface area (Å²) in [7, 11) is 2.21. The highest BCUT2D eigenvalue weighted by molar-refractivity contribution is 5.28. The molecule has 0 unspecified atom stereocenters. The van der Waals surface area contributed by atoms with Crippen LogP contribution in [-0.2, 0) is 11.3 Å². The summed E-state index contributed by atoms with van der Waals surface area (Å²) in [5, 5.41) is 3.46. The third-order valence-electron chi connectivity index (χ3n) is 3.71. The first-order chi connectivity index (χ1) is 9.70. The molecule has 0 atom stereocenters. The van der Waals surface area contributed by atoms with E-state index in [1.807, 2.05) is 13.8 Å². The van der Waals surface area contributed by atoms with Crippen molar-refractivity contribution in [3.05, 3.63) is 11.9 Å². The van der Waals surface area contributed by atoms with Gasteiger partial charge < -0.3 is 19.5 Å². The number of rotatable bonds is 10. The van der Waals surface area contributed by atoms with E-state index in [1.54, 1.807) is 0 Å². The molecule has 1 aromatic heterocycles. The van der Waals surface area contributed by atoms with E-state index < -0.39 is 0 Å². The molecule has 1 aromatic rings. The van der Waals surface area contributed by atoms with E-state index in [1.165, 1.54) is 12.8 Å². The molecule has 2 rings (SSSR count). The van der Waals surface area contributed by atoms with Crippen LogP contribution in [0.2, 0.25) is 0 Å². The number of nitrogens with zero attached hydrogens (tertiary/aromatic N) is 3. The maximum absolute atomic E-state index is 5.39. The van der Waals surface area contributed by atoms with Crippen molar-refractivity contribution in [1.29, 1.82) is 0 Å². The Hall–Kier alpha value is -1.07. The van der Waals surface area contributed by atoms with Crippen molar-refractivity contribution in [3.63, 3.8) is 0 Å². The Labute approximate surface area is 122 Å². The maximum Gasteiger partial charge on any atom is 0.203 e. The van der Waals surface area contributed by atoms with E-state index in [0.717, 1.165) is 57.0 Å².